The third-order valence-corrected chi connectivity index (χ3v) is 4.54. The Bertz CT molecular complexity index is 822. The second kappa shape index (κ2) is 6.89. The van der Waals surface area contributed by atoms with Gasteiger partial charge in [-0.05, 0) is 56.0 Å². The Morgan fingerprint density at radius 3 is 2.60 bits per heavy atom. The lowest BCUT2D eigenvalue weighted by Crippen LogP contribution is -2.50. The number of halogens is 1. The number of primary amides is 1. The Labute approximate surface area is 145 Å². The summed E-state index contributed by atoms with van der Waals surface area (Å²) in [5.74, 6) is -0.479. The zero-order valence-electron chi connectivity index (χ0n) is 13.7. The van der Waals surface area contributed by atoms with E-state index >= 15 is 0 Å². The van der Waals surface area contributed by atoms with Gasteiger partial charge in [-0.25, -0.2) is 4.39 Å². The number of carbonyl (C=O) groups is 1. The molecule has 3 rings (SSSR count). The van der Waals surface area contributed by atoms with Crippen LogP contribution in [0, 0.1) is 17.1 Å². The van der Waals surface area contributed by atoms with E-state index in [0.29, 0.717) is 29.8 Å². The fraction of sp³-hybridized carbons (Fsp3) is 0.316. The molecule has 1 heterocycles. The molecule has 0 aliphatic heterocycles. The summed E-state index contributed by atoms with van der Waals surface area (Å²) in [6.45, 7) is 0. The first-order valence-electron chi connectivity index (χ1n) is 8.19. The van der Waals surface area contributed by atoms with Gasteiger partial charge >= 0.3 is 0 Å². The summed E-state index contributed by atoms with van der Waals surface area (Å²) in [6, 6.07) is 9.30. The minimum atomic E-state index is -0.977. The molecule has 1 aliphatic rings. The molecule has 5 nitrogen and oxygen atoms in total. The predicted molar refractivity (Wildman–Crippen MR) is 90.0 cm³/mol. The molecule has 0 saturated heterocycles. The zero-order chi connectivity index (χ0) is 17.9. The number of nitrogens with zero attached hydrogens (tertiary/aromatic N) is 2. The Hall–Kier alpha value is -2.94. The van der Waals surface area contributed by atoms with Crippen LogP contribution in [0.25, 0.3) is 11.3 Å². The van der Waals surface area contributed by atoms with E-state index in [9.17, 15) is 9.18 Å². The molecular weight excluding hydrogens is 321 g/mol. The number of nitriles is 1. The van der Waals surface area contributed by atoms with E-state index in [1.54, 1.807) is 12.1 Å². The minimum absolute atomic E-state index is 0.210. The molecule has 0 spiro atoms. The summed E-state index contributed by atoms with van der Waals surface area (Å²) in [4.78, 5) is 16.2. The maximum atomic E-state index is 13.3. The van der Waals surface area contributed by atoms with Crippen molar-refractivity contribution in [1.29, 1.82) is 5.26 Å². The van der Waals surface area contributed by atoms with Gasteiger partial charge < -0.3 is 10.5 Å². The van der Waals surface area contributed by atoms with E-state index in [1.165, 1.54) is 24.4 Å². The Balaban J connectivity index is 1.85. The summed E-state index contributed by atoms with van der Waals surface area (Å²) in [5.41, 5.74) is 5.87. The molecule has 1 aromatic heterocycles. The molecule has 2 N–H and O–H groups in total. The molecule has 1 saturated carbocycles. The van der Waals surface area contributed by atoms with E-state index < -0.39 is 17.3 Å². The van der Waals surface area contributed by atoms with E-state index in [4.69, 9.17) is 15.7 Å². The molecule has 0 bridgehead atoms. The standard InChI is InChI=1S/C19H18FN3O2/c20-14-4-6-16(13(10-14)11-21)17-7-5-15(12-23-17)25-19(18(22)24)8-2-1-3-9-19/h4-7,10,12H,1-3,8-9H2,(H2,22,24). The smallest absolute Gasteiger partial charge is 0.261 e. The Kier molecular flexibility index (Phi) is 4.66. The van der Waals surface area contributed by atoms with Crippen molar-refractivity contribution in [1.82, 2.24) is 4.98 Å². The summed E-state index contributed by atoms with van der Waals surface area (Å²) in [5, 5.41) is 9.15. The van der Waals surface area contributed by atoms with Crippen LogP contribution in [0.2, 0.25) is 0 Å². The lowest BCUT2D eigenvalue weighted by Gasteiger charge is -2.34. The van der Waals surface area contributed by atoms with Gasteiger partial charge in [0.1, 0.15) is 11.6 Å². The van der Waals surface area contributed by atoms with Gasteiger partial charge in [-0.3, -0.25) is 9.78 Å². The summed E-state index contributed by atoms with van der Waals surface area (Å²) < 4.78 is 19.2. The van der Waals surface area contributed by atoms with Crippen LogP contribution in [0.15, 0.2) is 36.5 Å². The number of ether oxygens (including phenoxy) is 1. The third-order valence-electron chi connectivity index (χ3n) is 4.54. The van der Waals surface area contributed by atoms with Crippen molar-refractivity contribution >= 4 is 5.91 Å². The number of hydrogen-bond acceptors (Lipinski definition) is 4. The predicted octanol–water partition coefficient (Wildman–Crippen LogP) is 3.33. The number of aromatic nitrogens is 1. The number of amides is 1. The molecule has 25 heavy (non-hydrogen) atoms. The molecule has 0 atom stereocenters. The Morgan fingerprint density at radius 2 is 2.00 bits per heavy atom. The molecule has 0 radical (unpaired) electrons. The average molecular weight is 339 g/mol. The molecule has 0 unspecified atom stereocenters. The van der Waals surface area contributed by atoms with Crippen LogP contribution in [-0.2, 0) is 4.79 Å². The molecule has 1 aliphatic carbocycles. The van der Waals surface area contributed by atoms with Crippen molar-refractivity contribution in [2.45, 2.75) is 37.7 Å². The van der Waals surface area contributed by atoms with Gasteiger partial charge in [0, 0.05) is 5.56 Å². The van der Waals surface area contributed by atoms with E-state index in [-0.39, 0.29) is 5.56 Å². The summed E-state index contributed by atoms with van der Waals surface area (Å²) >= 11 is 0. The topological polar surface area (TPSA) is 89.0 Å². The average Bonchev–Trinajstić information content (AvgIpc) is 2.63. The molecular formula is C19H18FN3O2. The van der Waals surface area contributed by atoms with E-state index in [2.05, 4.69) is 4.98 Å². The lowest BCUT2D eigenvalue weighted by molar-refractivity contribution is -0.136. The van der Waals surface area contributed by atoms with Crippen LogP contribution in [0.3, 0.4) is 0 Å². The summed E-state index contributed by atoms with van der Waals surface area (Å²) in [6.07, 6.45) is 5.56. The van der Waals surface area contributed by atoms with Crippen molar-refractivity contribution < 1.29 is 13.9 Å². The highest BCUT2D eigenvalue weighted by molar-refractivity contribution is 5.84. The normalized spacial score (nSPS) is 16.0. The highest BCUT2D eigenvalue weighted by Crippen LogP contribution is 2.33. The van der Waals surface area contributed by atoms with Crippen molar-refractivity contribution in [3.05, 3.63) is 47.9 Å². The first-order chi connectivity index (χ1) is 12.0. The largest absolute Gasteiger partial charge is 0.476 e. The van der Waals surface area contributed by atoms with E-state index in [1.807, 2.05) is 6.07 Å². The molecule has 1 aromatic carbocycles. The number of nitrogens with two attached hydrogens (primary N) is 1. The Morgan fingerprint density at radius 1 is 1.24 bits per heavy atom. The molecule has 128 valence electrons. The van der Waals surface area contributed by atoms with E-state index in [0.717, 1.165) is 19.3 Å². The number of rotatable bonds is 4. The van der Waals surface area contributed by atoms with Crippen LogP contribution in [0.1, 0.15) is 37.7 Å². The lowest BCUT2D eigenvalue weighted by atomic mass is 9.84. The number of benzene rings is 1. The number of carbonyl (C=O) groups excluding carboxylic acids is 1. The number of hydrogen-bond donors (Lipinski definition) is 1. The van der Waals surface area contributed by atoms with Crippen LogP contribution in [-0.4, -0.2) is 16.5 Å². The quantitative estimate of drug-likeness (QED) is 0.925. The molecule has 2 aromatic rings. The van der Waals surface area contributed by atoms with Gasteiger partial charge in [-0.15, -0.1) is 0 Å². The van der Waals surface area contributed by atoms with Crippen molar-refractivity contribution in [2.75, 3.05) is 0 Å². The maximum absolute atomic E-state index is 13.3. The second-order valence-electron chi connectivity index (χ2n) is 6.20. The SMILES string of the molecule is N#Cc1cc(F)ccc1-c1ccc(OC2(C(N)=O)CCCCC2)cn1. The first kappa shape index (κ1) is 16.9. The fourth-order valence-electron chi connectivity index (χ4n) is 3.18. The van der Waals surface area contributed by atoms with Crippen molar-refractivity contribution in [2.24, 2.45) is 5.73 Å². The van der Waals surface area contributed by atoms with Crippen LogP contribution >= 0.6 is 0 Å². The van der Waals surface area contributed by atoms with Gasteiger partial charge in [0.2, 0.25) is 0 Å². The van der Waals surface area contributed by atoms with Crippen LogP contribution in [0.5, 0.6) is 5.75 Å². The van der Waals surface area contributed by atoms with Crippen molar-refractivity contribution in [3.8, 4) is 23.1 Å². The molecule has 6 heteroatoms. The fourth-order valence-corrected chi connectivity index (χ4v) is 3.18. The highest BCUT2D eigenvalue weighted by Gasteiger charge is 2.40. The molecule has 1 amide bonds. The summed E-state index contributed by atoms with van der Waals surface area (Å²) in [7, 11) is 0. The minimum Gasteiger partial charge on any atom is -0.476 e. The van der Waals surface area contributed by atoms with Crippen LogP contribution < -0.4 is 10.5 Å². The van der Waals surface area contributed by atoms with Gasteiger partial charge in [-0.2, -0.15) is 5.26 Å². The number of pyridine rings is 1. The third kappa shape index (κ3) is 3.45. The van der Waals surface area contributed by atoms with Crippen LogP contribution in [0.4, 0.5) is 4.39 Å². The monoisotopic (exact) mass is 339 g/mol. The highest BCUT2D eigenvalue weighted by atomic mass is 19.1. The second-order valence-corrected chi connectivity index (χ2v) is 6.20. The molecule has 1 fully saturated rings. The first-order valence-corrected chi connectivity index (χ1v) is 8.19. The maximum Gasteiger partial charge on any atom is 0.261 e. The van der Waals surface area contributed by atoms with Crippen molar-refractivity contribution in [3.63, 3.8) is 0 Å². The van der Waals surface area contributed by atoms with Gasteiger partial charge in [0.05, 0.1) is 23.5 Å². The van der Waals surface area contributed by atoms with Gasteiger partial charge in [-0.1, -0.05) is 6.42 Å². The van der Waals surface area contributed by atoms with Gasteiger partial charge in [0.15, 0.2) is 5.60 Å². The zero-order valence-corrected chi connectivity index (χ0v) is 13.7. The van der Waals surface area contributed by atoms with Gasteiger partial charge in [0.25, 0.3) is 5.91 Å².